The molecule has 2 N–H and O–H groups in total. The van der Waals surface area contributed by atoms with Gasteiger partial charge in [0.05, 0.1) is 5.96 Å². The van der Waals surface area contributed by atoms with E-state index in [1.165, 1.54) is 0 Å². The first kappa shape index (κ1) is 6.60. The van der Waals surface area contributed by atoms with E-state index >= 15 is 0 Å². The zero-order valence-corrected chi connectivity index (χ0v) is 4.56. The Kier molecular flexibility index (Phi) is 1.93. The highest BCUT2D eigenvalue weighted by atomic mass is 31.2. The molecule has 0 aliphatic heterocycles. The molecule has 7 heavy (non-hydrogen) atoms. The lowest BCUT2D eigenvalue weighted by Crippen LogP contribution is -1.69. The van der Waals surface area contributed by atoms with Gasteiger partial charge in [0.15, 0.2) is 0 Å². The number of hydrogen-bond acceptors (Lipinski definition) is 2. The smallest absolute Gasteiger partial charge is 0.261 e. The molecule has 1 unspecified atom stereocenters. The normalized spacial score (nSPS) is 17.3. The maximum absolute atomic E-state index is 10.1. The zero-order valence-electron chi connectivity index (χ0n) is 3.66. The van der Waals surface area contributed by atoms with Crippen molar-refractivity contribution in [2.45, 2.75) is 0 Å². The average Bonchev–Trinajstić information content (AvgIpc) is 1.68. The molecule has 0 rings (SSSR count). The van der Waals surface area contributed by atoms with Crippen molar-refractivity contribution in [3.63, 3.8) is 0 Å². The summed E-state index contributed by atoms with van der Waals surface area (Å²) in [7, 11) is -3.35. The van der Waals surface area contributed by atoms with Crippen molar-refractivity contribution in [2.75, 3.05) is 0 Å². The Morgan fingerprint density at radius 1 is 1.86 bits per heavy atom. The van der Waals surface area contributed by atoms with E-state index in [0.29, 0.717) is 5.96 Å². The number of hydrogen-bond donors (Lipinski definition) is 2. The Labute approximate surface area is 41.6 Å². The van der Waals surface area contributed by atoms with Crippen molar-refractivity contribution in [3.8, 4) is 0 Å². The van der Waals surface area contributed by atoms with Gasteiger partial charge in [-0.25, -0.2) is 0 Å². The SMILES string of the molecule is C=CP(=O)(O)C=N. The van der Waals surface area contributed by atoms with E-state index in [9.17, 15) is 4.57 Å². The van der Waals surface area contributed by atoms with Gasteiger partial charge in [-0.3, -0.25) is 4.57 Å². The third-order valence-electron chi connectivity index (χ3n) is 0.447. The molecule has 4 heteroatoms. The first-order chi connectivity index (χ1) is 3.12. The van der Waals surface area contributed by atoms with E-state index in [1.54, 1.807) is 0 Å². The summed E-state index contributed by atoms with van der Waals surface area (Å²) in [6.45, 7) is 3.04. The van der Waals surface area contributed by atoms with E-state index in [0.717, 1.165) is 5.82 Å². The second kappa shape index (κ2) is 2.05. The minimum Gasteiger partial charge on any atom is -0.338 e. The highest BCUT2D eigenvalue weighted by Gasteiger charge is 2.03. The lowest BCUT2D eigenvalue weighted by molar-refractivity contribution is 0.503. The molecule has 0 radical (unpaired) electrons. The van der Waals surface area contributed by atoms with Crippen LogP contribution in [0.4, 0.5) is 0 Å². The molecular formula is C3H6NO2P. The molecule has 0 aromatic carbocycles. The largest absolute Gasteiger partial charge is 0.338 e. The molecule has 0 spiro atoms. The highest BCUT2D eigenvalue weighted by molar-refractivity contribution is 7.75. The molecule has 0 aliphatic rings. The number of nitrogens with one attached hydrogen (secondary N) is 1. The fourth-order valence-corrected chi connectivity index (χ4v) is 0.158. The van der Waals surface area contributed by atoms with E-state index in [2.05, 4.69) is 6.58 Å². The standard InChI is InChI=1S/C3H6NO2P/c1-2-7(5,6)3-4/h2-4H,1H2,(H,5,6). The third-order valence-corrected chi connectivity index (χ3v) is 1.34. The molecule has 0 aliphatic carbocycles. The van der Waals surface area contributed by atoms with Gasteiger partial charge >= 0.3 is 0 Å². The van der Waals surface area contributed by atoms with Crippen LogP contribution in [-0.4, -0.2) is 10.8 Å². The average molecular weight is 119 g/mol. The topological polar surface area (TPSA) is 61.1 Å². The minimum absolute atomic E-state index is 0.486. The van der Waals surface area contributed by atoms with Crippen molar-refractivity contribution in [1.29, 1.82) is 5.41 Å². The predicted molar refractivity (Wildman–Crippen MR) is 28.8 cm³/mol. The van der Waals surface area contributed by atoms with Crippen molar-refractivity contribution in [3.05, 3.63) is 12.4 Å². The van der Waals surface area contributed by atoms with Gasteiger partial charge in [0.1, 0.15) is 0 Å². The summed E-state index contributed by atoms with van der Waals surface area (Å²) in [5.41, 5.74) is 0. The van der Waals surface area contributed by atoms with Crippen LogP contribution in [0, 0.1) is 5.41 Å². The fraction of sp³-hybridized carbons (Fsp3) is 0. The maximum atomic E-state index is 10.1. The summed E-state index contributed by atoms with van der Waals surface area (Å²) in [6.07, 6.45) is 0. The van der Waals surface area contributed by atoms with Gasteiger partial charge in [-0.1, -0.05) is 6.58 Å². The molecule has 0 aromatic rings. The molecule has 0 bridgehead atoms. The second-order valence-electron chi connectivity index (χ2n) is 0.984. The second-order valence-corrected chi connectivity index (χ2v) is 2.95. The zero-order chi connectivity index (χ0) is 5.91. The van der Waals surface area contributed by atoms with Crippen LogP contribution < -0.4 is 0 Å². The molecule has 3 nitrogen and oxygen atoms in total. The van der Waals surface area contributed by atoms with Gasteiger partial charge in [0, 0.05) is 0 Å². The Morgan fingerprint density at radius 3 is 2.29 bits per heavy atom. The minimum atomic E-state index is -3.35. The van der Waals surface area contributed by atoms with Crippen LogP contribution in [0.15, 0.2) is 12.4 Å². The van der Waals surface area contributed by atoms with Crippen LogP contribution in [0.5, 0.6) is 0 Å². The molecule has 0 aromatic heterocycles. The van der Waals surface area contributed by atoms with Crippen molar-refractivity contribution >= 4 is 13.3 Å². The summed E-state index contributed by atoms with van der Waals surface area (Å²) < 4.78 is 10.1. The number of rotatable bonds is 2. The first-order valence-electron chi connectivity index (χ1n) is 1.60. The highest BCUT2D eigenvalue weighted by Crippen LogP contribution is 2.36. The summed E-state index contributed by atoms with van der Waals surface area (Å²) in [6, 6.07) is 0. The van der Waals surface area contributed by atoms with Crippen LogP contribution in [0.3, 0.4) is 0 Å². The van der Waals surface area contributed by atoms with E-state index in [1.807, 2.05) is 0 Å². The van der Waals surface area contributed by atoms with E-state index < -0.39 is 7.37 Å². The van der Waals surface area contributed by atoms with Gasteiger partial charge in [-0.2, -0.15) is 0 Å². The Hall–Kier alpha value is -0.400. The maximum Gasteiger partial charge on any atom is 0.261 e. The molecule has 0 saturated heterocycles. The molecule has 40 valence electrons. The van der Waals surface area contributed by atoms with Crippen molar-refractivity contribution in [1.82, 2.24) is 0 Å². The molecule has 1 atom stereocenters. The van der Waals surface area contributed by atoms with Crippen LogP contribution >= 0.6 is 7.37 Å². The van der Waals surface area contributed by atoms with Gasteiger partial charge in [-0.15, -0.1) is 0 Å². The van der Waals surface area contributed by atoms with Crippen molar-refractivity contribution in [2.24, 2.45) is 0 Å². The summed E-state index contributed by atoms with van der Waals surface area (Å²) in [5, 5.41) is 6.30. The van der Waals surface area contributed by atoms with Crippen LogP contribution in [0.1, 0.15) is 0 Å². The van der Waals surface area contributed by atoms with Gasteiger partial charge in [-0.05, 0) is 5.82 Å². The lowest BCUT2D eigenvalue weighted by atomic mass is 11.3. The lowest BCUT2D eigenvalue weighted by Gasteiger charge is -1.90. The molecule has 0 fully saturated rings. The molecule has 0 heterocycles. The van der Waals surface area contributed by atoms with Gasteiger partial charge < -0.3 is 10.3 Å². The third kappa shape index (κ3) is 2.31. The monoisotopic (exact) mass is 119 g/mol. The van der Waals surface area contributed by atoms with Gasteiger partial charge in [0.25, 0.3) is 7.37 Å². The quantitative estimate of drug-likeness (QED) is 0.420. The van der Waals surface area contributed by atoms with Crippen LogP contribution in [0.2, 0.25) is 0 Å². The first-order valence-corrected chi connectivity index (χ1v) is 3.39. The molecule has 0 saturated carbocycles. The van der Waals surface area contributed by atoms with E-state index in [-0.39, 0.29) is 0 Å². The summed E-state index contributed by atoms with van der Waals surface area (Å²) in [5.74, 6) is 1.35. The molecule has 0 amide bonds. The summed E-state index contributed by atoms with van der Waals surface area (Å²) in [4.78, 5) is 8.33. The Bertz CT molecular complexity index is 119. The van der Waals surface area contributed by atoms with Crippen molar-refractivity contribution < 1.29 is 9.46 Å². The van der Waals surface area contributed by atoms with Gasteiger partial charge in [0.2, 0.25) is 0 Å². The predicted octanol–water partition coefficient (Wildman–Crippen LogP) is 1.01. The van der Waals surface area contributed by atoms with Crippen LogP contribution in [0.25, 0.3) is 0 Å². The van der Waals surface area contributed by atoms with E-state index in [4.69, 9.17) is 10.3 Å². The summed E-state index contributed by atoms with van der Waals surface area (Å²) >= 11 is 0. The van der Waals surface area contributed by atoms with Crippen LogP contribution in [-0.2, 0) is 4.57 Å². The Balaban J connectivity index is 4.13. The molecular weight excluding hydrogens is 113 g/mol. The Morgan fingerprint density at radius 2 is 2.29 bits per heavy atom. The fourth-order valence-electron chi connectivity index (χ4n) is 0.0527.